The van der Waals surface area contributed by atoms with E-state index in [2.05, 4.69) is 50.2 Å². The van der Waals surface area contributed by atoms with Crippen LogP contribution in [0.3, 0.4) is 0 Å². The maximum absolute atomic E-state index is 12.9. The minimum absolute atomic E-state index is 0. The summed E-state index contributed by atoms with van der Waals surface area (Å²) in [4.78, 5) is 14.8. The second kappa shape index (κ2) is 8.50. The first-order chi connectivity index (χ1) is 11.6. The number of hydrogen-bond acceptors (Lipinski definition) is 2. The molecule has 0 unspecified atom stereocenters. The zero-order valence-corrected chi connectivity index (χ0v) is 15.7. The van der Waals surface area contributed by atoms with Crippen molar-refractivity contribution in [2.75, 3.05) is 19.6 Å². The fourth-order valence-electron chi connectivity index (χ4n) is 3.55. The Balaban J connectivity index is 0.00000225. The highest BCUT2D eigenvalue weighted by Gasteiger charge is 2.35. The van der Waals surface area contributed by atoms with E-state index in [0.717, 1.165) is 18.7 Å². The largest absolute Gasteiger partial charge is 0.338 e. The molecule has 1 aliphatic heterocycles. The highest BCUT2D eigenvalue weighted by Crippen LogP contribution is 2.32. The van der Waals surface area contributed by atoms with Crippen molar-refractivity contribution in [2.45, 2.75) is 25.7 Å². The molecule has 0 spiro atoms. The monoisotopic (exact) mass is 358 g/mol. The summed E-state index contributed by atoms with van der Waals surface area (Å²) in [5.74, 6) is 1.24. The number of likely N-dealkylation sites (tertiary alicyclic amines) is 1. The van der Waals surface area contributed by atoms with Crippen LogP contribution in [0.4, 0.5) is 0 Å². The molecular weight excluding hydrogens is 332 g/mol. The van der Waals surface area contributed by atoms with Gasteiger partial charge in [0.15, 0.2) is 0 Å². The highest BCUT2D eigenvalue weighted by molar-refractivity contribution is 5.94. The lowest BCUT2D eigenvalue weighted by molar-refractivity contribution is 0.0786. The summed E-state index contributed by atoms with van der Waals surface area (Å²) in [6.45, 7) is 6.41. The number of nitrogens with zero attached hydrogens (tertiary/aromatic N) is 1. The summed E-state index contributed by atoms with van der Waals surface area (Å²) in [5, 5.41) is 0. The zero-order chi connectivity index (χ0) is 17.1. The molecule has 1 heterocycles. The SMILES string of the molecule is CC(C)c1ccc(C(=O)N2C[C@@H](CN)[C@H](c3ccccc3)C2)cc1.Cl. The number of amides is 1. The van der Waals surface area contributed by atoms with E-state index >= 15 is 0 Å². The van der Waals surface area contributed by atoms with Gasteiger partial charge in [-0.15, -0.1) is 12.4 Å². The lowest BCUT2D eigenvalue weighted by Gasteiger charge is -2.17. The summed E-state index contributed by atoms with van der Waals surface area (Å²) in [6.07, 6.45) is 0. The van der Waals surface area contributed by atoms with Crippen molar-refractivity contribution in [1.82, 2.24) is 4.90 Å². The van der Waals surface area contributed by atoms with Gasteiger partial charge in [0, 0.05) is 24.6 Å². The van der Waals surface area contributed by atoms with Crippen LogP contribution in [-0.2, 0) is 0 Å². The van der Waals surface area contributed by atoms with E-state index in [1.807, 2.05) is 23.1 Å². The maximum Gasteiger partial charge on any atom is 0.253 e. The molecule has 1 aliphatic rings. The molecule has 2 N–H and O–H groups in total. The van der Waals surface area contributed by atoms with Gasteiger partial charge in [-0.2, -0.15) is 0 Å². The van der Waals surface area contributed by atoms with Crippen LogP contribution < -0.4 is 5.73 Å². The van der Waals surface area contributed by atoms with Crippen molar-refractivity contribution in [3.05, 3.63) is 71.3 Å². The maximum atomic E-state index is 12.9. The minimum atomic E-state index is 0. The van der Waals surface area contributed by atoms with Crippen molar-refractivity contribution in [3.8, 4) is 0 Å². The van der Waals surface area contributed by atoms with Crippen LogP contribution in [0.1, 0.15) is 47.2 Å². The van der Waals surface area contributed by atoms with Gasteiger partial charge in [-0.05, 0) is 41.6 Å². The van der Waals surface area contributed by atoms with E-state index in [1.165, 1.54) is 11.1 Å². The van der Waals surface area contributed by atoms with Gasteiger partial charge in [0.05, 0.1) is 0 Å². The molecule has 25 heavy (non-hydrogen) atoms. The number of halogens is 1. The van der Waals surface area contributed by atoms with Gasteiger partial charge < -0.3 is 10.6 Å². The average molecular weight is 359 g/mol. The van der Waals surface area contributed by atoms with Crippen molar-refractivity contribution in [2.24, 2.45) is 11.7 Å². The number of benzene rings is 2. The van der Waals surface area contributed by atoms with E-state index in [9.17, 15) is 4.79 Å². The predicted molar refractivity (Wildman–Crippen MR) is 105 cm³/mol. The topological polar surface area (TPSA) is 46.3 Å². The van der Waals surface area contributed by atoms with Gasteiger partial charge >= 0.3 is 0 Å². The van der Waals surface area contributed by atoms with Gasteiger partial charge in [0.2, 0.25) is 0 Å². The Morgan fingerprint density at radius 1 is 1.08 bits per heavy atom. The Morgan fingerprint density at radius 2 is 1.72 bits per heavy atom. The van der Waals surface area contributed by atoms with Crippen LogP contribution in [-0.4, -0.2) is 30.4 Å². The number of carbonyl (C=O) groups is 1. The summed E-state index contributed by atoms with van der Waals surface area (Å²) >= 11 is 0. The summed E-state index contributed by atoms with van der Waals surface area (Å²) in [5.41, 5.74) is 9.28. The van der Waals surface area contributed by atoms with Gasteiger partial charge in [0.25, 0.3) is 5.91 Å². The first-order valence-electron chi connectivity index (χ1n) is 8.74. The molecule has 1 saturated heterocycles. The lowest BCUT2D eigenvalue weighted by atomic mass is 9.89. The van der Waals surface area contributed by atoms with Crippen molar-refractivity contribution in [1.29, 1.82) is 0 Å². The second-order valence-corrected chi connectivity index (χ2v) is 7.00. The van der Waals surface area contributed by atoms with Crippen LogP contribution in [0.15, 0.2) is 54.6 Å². The molecular formula is C21H27ClN2O. The molecule has 0 saturated carbocycles. The first-order valence-corrected chi connectivity index (χ1v) is 8.74. The second-order valence-electron chi connectivity index (χ2n) is 7.00. The summed E-state index contributed by atoms with van der Waals surface area (Å²) in [7, 11) is 0. The summed E-state index contributed by atoms with van der Waals surface area (Å²) in [6, 6.07) is 18.4. The van der Waals surface area contributed by atoms with Crippen LogP contribution in [0, 0.1) is 5.92 Å². The molecule has 0 radical (unpaired) electrons. The van der Waals surface area contributed by atoms with Crippen molar-refractivity contribution >= 4 is 18.3 Å². The lowest BCUT2D eigenvalue weighted by Crippen LogP contribution is -2.29. The van der Waals surface area contributed by atoms with Gasteiger partial charge in [-0.3, -0.25) is 4.79 Å². The zero-order valence-electron chi connectivity index (χ0n) is 14.9. The predicted octanol–water partition coefficient (Wildman–Crippen LogP) is 4.05. The fraction of sp³-hybridized carbons (Fsp3) is 0.381. The van der Waals surface area contributed by atoms with Crippen LogP contribution in [0.2, 0.25) is 0 Å². The third-order valence-electron chi connectivity index (χ3n) is 5.08. The van der Waals surface area contributed by atoms with Crippen molar-refractivity contribution in [3.63, 3.8) is 0 Å². The molecule has 1 amide bonds. The van der Waals surface area contributed by atoms with Crippen molar-refractivity contribution < 1.29 is 4.79 Å². The molecule has 2 atom stereocenters. The third kappa shape index (κ3) is 4.23. The van der Waals surface area contributed by atoms with E-state index < -0.39 is 0 Å². The molecule has 1 fully saturated rings. The molecule has 2 aromatic carbocycles. The van der Waals surface area contributed by atoms with Gasteiger partial charge in [-0.1, -0.05) is 56.3 Å². The quantitative estimate of drug-likeness (QED) is 0.896. The van der Waals surface area contributed by atoms with Gasteiger partial charge in [0.1, 0.15) is 0 Å². The molecule has 0 aliphatic carbocycles. The molecule has 134 valence electrons. The molecule has 0 aromatic heterocycles. The molecule has 3 nitrogen and oxygen atoms in total. The normalized spacial score (nSPS) is 19.8. The van der Waals surface area contributed by atoms with E-state index in [-0.39, 0.29) is 18.3 Å². The third-order valence-corrected chi connectivity index (χ3v) is 5.08. The number of hydrogen-bond donors (Lipinski definition) is 1. The number of rotatable bonds is 4. The fourth-order valence-corrected chi connectivity index (χ4v) is 3.55. The van der Waals surface area contributed by atoms with E-state index in [4.69, 9.17) is 5.73 Å². The van der Waals surface area contributed by atoms with Crippen LogP contribution in [0.25, 0.3) is 0 Å². The highest BCUT2D eigenvalue weighted by atomic mass is 35.5. The molecule has 0 bridgehead atoms. The Hall–Kier alpha value is -1.84. The minimum Gasteiger partial charge on any atom is -0.338 e. The smallest absolute Gasteiger partial charge is 0.253 e. The number of nitrogens with two attached hydrogens (primary N) is 1. The molecule has 4 heteroatoms. The molecule has 3 rings (SSSR count). The standard InChI is InChI=1S/C21H26N2O.ClH/c1-15(2)16-8-10-18(11-9-16)21(24)23-13-19(12-22)20(14-23)17-6-4-3-5-7-17;/h3-11,15,19-20H,12-14,22H2,1-2H3;1H/t19-,20+;/m1./s1. The van der Waals surface area contributed by atoms with Crippen LogP contribution in [0.5, 0.6) is 0 Å². The Morgan fingerprint density at radius 3 is 2.28 bits per heavy atom. The average Bonchev–Trinajstić information content (AvgIpc) is 3.06. The Kier molecular flexibility index (Phi) is 6.63. The Labute approximate surface area is 156 Å². The van der Waals surface area contributed by atoms with Crippen LogP contribution >= 0.6 is 12.4 Å². The molecule has 2 aromatic rings. The van der Waals surface area contributed by atoms with Gasteiger partial charge in [-0.25, -0.2) is 0 Å². The number of carbonyl (C=O) groups excluding carboxylic acids is 1. The Bertz CT molecular complexity index is 685. The summed E-state index contributed by atoms with van der Waals surface area (Å²) < 4.78 is 0. The van der Waals surface area contributed by atoms with E-state index in [1.54, 1.807) is 0 Å². The first kappa shape index (κ1) is 19.5. The van der Waals surface area contributed by atoms with E-state index in [0.29, 0.717) is 24.3 Å².